The number of nitrogens with zero attached hydrogens (tertiary/aromatic N) is 2. The predicted octanol–water partition coefficient (Wildman–Crippen LogP) is 1.69. The summed E-state index contributed by atoms with van der Waals surface area (Å²) >= 11 is 0. The Hall–Kier alpha value is -2.32. The summed E-state index contributed by atoms with van der Waals surface area (Å²) in [6.45, 7) is 2.22. The van der Waals surface area contributed by atoms with Crippen LogP contribution in [0.25, 0.3) is 0 Å². The zero-order valence-electron chi connectivity index (χ0n) is 10.6. The Morgan fingerprint density at radius 3 is 2.68 bits per heavy atom. The summed E-state index contributed by atoms with van der Waals surface area (Å²) in [5.41, 5.74) is 2.30. The molecule has 0 radical (unpaired) electrons. The maximum Gasteiger partial charge on any atom is 0.145 e. The van der Waals surface area contributed by atoms with Crippen LogP contribution in [0, 0.1) is 18.8 Å². The van der Waals surface area contributed by atoms with Gasteiger partial charge in [0.2, 0.25) is 0 Å². The van der Waals surface area contributed by atoms with Gasteiger partial charge in [-0.15, -0.1) is 0 Å². The molecule has 0 saturated carbocycles. The number of aliphatic hydroxyl groups is 1. The Bertz CT molecular complexity index is 579. The van der Waals surface area contributed by atoms with Crippen LogP contribution in [0.4, 0.5) is 0 Å². The van der Waals surface area contributed by atoms with Crippen LogP contribution < -0.4 is 4.74 Å². The van der Waals surface area contributed by atoms with Crippen LogP contribution >= 0.6 is 0 Å². The minimum absolute atomic E-state index is 0.0826. The Morgan fingerprint density at radius 1 is 1.26 bits per heavy atom. The molecular formula is C14H14N2O3. The molecule has 0 saturated heterocycles. The van der Waals surface area contributed by atoms with E-state index in [0.29, 0.717) is 18.7 Å². The number of aryl methyl sites for hydroxylation is 1. The second-order valence-electron chi connectivity index (χ2n) is 3.88. The van der Waals surface area contributed by atoms with Gasteiger partial charge in [-0.05, 0) is 31.2 Å². The van der Waals surface area contributed by atoms with Gasteiger partial charge in [-0.1, -0.05) is 22.2 Å². The summed E-state index contributed by atoms with van der Waals surface area (Å²) in [5.74, 6) is 6.54. The van der Waals surface area contributed by atoms with Crippen molar-refractivity contribution in [1.29, 1.82) is 0 Å². The first-order valence-electron chi connectivity index (χ1n) is 5.90. The lowest BCUT2D eigenvalue weighted by molar-refractivity contribution is 0.270. The van der Waals surface area contributed by atoms with E-state index in [4.69, 9.17) is 9.84 Å². The minimum atomic E-state index is 0.0826. The van der Waals surface area contributed by atoms with Crippen molar-refractivity contribution in [2.24, 2.45) is 0 Å². The SMILES string of the molecule is Cc1nonc1COc1ccc(C#CCCO)cc1. The lowest BCUT2D eigenvalue weighted by atomic mass is 10.2. The summed E-state index contributed by atoms with van der Waals surface area (Å²) in [6.07, 6.45) is 0.483. The van der Waals surface area contributed by atoms with Gasteiger partial charge < -0.3 is 9.84 Å². The first kappa shape index (κ1) is 13.1. The average Bonchev–Trinajstić information content (AvgIpc) is 2.84. The van der Waals surface area contributed by atoms with Crippen molar-refractivity contribution in [2.75, 3.05) is 6.61 Å². The molecule has 2 aromatic rings. The van der Waals surface area contributed by atoms with Gasteiger partial charge in [0, 0.05) is 12.0 Å². The molecule has 5 nitrogen and oxygen atoms in total. The molecule has 1 aromatic heterocycles. The van der Waals surface area contributed by atoms with E-state index >= 15 is 0 Å². The number of rotatable bonds is 4. The van der Waals surface area contributed by atoms with Crippen molar-refractivity contribution in [3.05, 3.63) is 41.2 Å². The summed E-state index contributed by atoms with van der Waals surface area (Å²) < 4.78 is 10.2. The molecule has 0 amide bonds. The summed E-state index contributed by atoms with van der Waals surface area (Å²) in [6, 6.07) is 7.42. The van der Waals surface area contributed by atoms with Gasteiger partial charge in [0.1, 0.15) is 23.7 Å². The minimum Gasteiger partial charge on any atom is -0.487 e. The molecule has 19 heavy (non-hydrogen) atoms. The number of aromatic nitrogens is 2. The molecule has 0 fully saturated rings. The summed E-state index contributed by atoms with van der Waals surface area (Å²) in [7, 11) is 0. The Kier molecular flexibility index (Phi) is 4.54. The molecule has 0 aliphatic rings. The van der Waals surface area contributed by atoms with Crippen LogP contribution in [0.3, 0.4) is 0 Å². The van der Waals surface area contributed by atoms with E-state index in [-0.39, 0.29) is 6.61 Å². The van der Waals surface area contributed by atoms with E-state index in [1.54, 1.807) is 0 Å². The van der Waals surface area contributed by atoms with Crippen molar-refractivity contribution in [2.45, 2.75) is 20.0 Å². The smallest absolute Gasteiger partial charge is 0.145 e. The number of hydrogen-bond acceptors (Lipinski definition) is 5. The molecule has 0 aliphatic carbocycles. The molecule has 0 bridgehead atoms. The number of aliphatic hydroxyl groups excluding tert-OH is 1. The van der Waals surface area contributed by atoms with Gasteiger partial charge in [0.15, 0.2) is 0 Å². The molecule has 0 aliphatic heterocycles. The topological polar surface area (TPSA) is 68.4 Å². The van der Waals surface area contributed by atoms with E-state index in [0.717, 1.165) is 17.0 Å². The van der Waals surface area contributed by atoms with Crippen molar-refractivity contribution < 1.29 is 14.5 Å². The lowest BCUT2D eigenvalue weighted by Gasteiger charge is -2.03. The van der Waals surface area contributed by atoms with E-state index < -0.39 is 0 Å². The van der Waals surface area contributed by atoms with E-state index in [1.807, 2.05) is 31.2 Å². The van der Waals surface area contributed by atoms with Gasteiger partial charge in [-0.25, -0.2) is 4.63 Å². The van der Waals surface area contributed by atoms with Gasteiger partial charge >= 0.3 is 0 Å². The van der Waals surface area contributed by atoms with Crippen LogP contribution in [0.15, 0.2) is 28.9 Å². The zero-order chi connectivity index (χ0) is 13.5. The first-order valence-corrected chi connectivity index (χ1v) is 5.90. The van der Waals surface area contributed by atoms with Crippen molar-refractivity contribution >= 4 is 0 Å². The summed E-state index contributed by atoms with van der Waals surface area (Å²) in [5, 5.41) is 16.1. The van der Waals surface area contributed by atoms with Gasteiger partial charge in [-0.2, -0.15) is 0 Å². The highest BCUT2D eigenvalue weighted by Crippen LogP contribution is 2.14. The molecule has 0 unspecified atom stereocenters. The monoisotopic (exact) mass is 258 g/mol. The standard InChI is InChI=1S/C14H14N2O3/c1-11-14(16-19-15-11)10-18-13-7-5-12(6-8-13)4-2-3-9-17/h5-8,17H,3,9-10H2,1H3. The van der Waals surface area contributed by atoms with Crippen LogP contribution in [0.5, 0.6) is 5.75 Å². The zero-order valence-corrected chi connectivity index (χ0v) is 10.6. The fourth-order valence-electron chi connectivity index (χ4n) is 1.39. The third-order valence-corrected chi connectivity index (χ3v) is 2.45. The molecular weight excluding hydrogens is 244 g/mol. The highest BCUT2D eigenvalue weighted by molar-refractivity contribution is 5.38. The van der Waals surface area contributed by atoms with E-state index in [1.165, 1.54) is 0 Å². The molecule has 5 heteroatoms. The molecule has 0 atom stereocenters. The Morgan fingerprint density at radius 2 is 2.05 bits per heavy atom. The van der Waals surface area contributed by atoms with Gasteiger partial charge in [0.05, 0.1) is 6.61 Å². The highest BCUT2D eigenvalue weighted by Gasteiger charge is 2.05. The van der Waals surface area contributed by atoms with Crippen molar-refractivity contribution in [1.82, 2.24) is 10.3 Å². The molecule has 2 rings (SSSR count). The first-order chi connectivity index (χ1) is 9.29. The number of hydrogen-bond donors (Lipinski definition) is 1. The third-order valence-electron chi connectivity index (χ3n) is 2.45. The second kappa shape index (κ2) is 6.57. The largest absolute Gasteiger partial charge is 0.487 e. The average molecular weight is 258 g/mol. The van der Waals surface area contributed by atoms with Crippen LogP contribution in [0.1, 0.15) is 23.4 Å². The van der Waals surface area contributed by atoms with Gasteiger partial charge in [0.25, 0.3) is 0 Å². The molecule has 1 N–H and O–H groups in total. The van der Waals surface area contributed by atoms with Crippen LogP contribution in [-0.2, 0) is 6.61 Å². The van der Waals surface area contributed by atoms with E-state index in [2.05, 4.69) is 26.8 Å². The fourth-order valence-corrected chi connectivity index (χ4v) is 1.39. The maximum absolute atomic E-state index is 8.63. The lowest BCUT2D eigenvalue weighted by Crippen LogP contribution is -1.97. The molecule has 1 heterocycles. The van der Waals surface area contributed by atoms with Crippen molar-refractivity contribution in [3.63, 3.8) is 0 Å². The fraction of sp³-hybridized carbons (Fsp3) is 0.286. The van der Waals surface area contributed by atoms with E-state index in [9.17, 15) is 0 Å². The molecule has 98 valence electrons. The molecule has 1 aromatic carbocycles. The normalized spacial score (nSPS) is 9.79. The maximum atomic E-state index is 8.63. The Balaban J connectivity index is 1.92. The third kappa shape index (κ3) is 3.83. The predicted molar refractivity (Wildman–Crippen MR) is 68.4 cm³/mol. The van der Waals surface area contributed by atoms with Gasteiger partial charge in [-0.3, -0.25) is 0 Å². The number of benzene rings is 1. The van der Waals surface area contributed by atoms with Crippen LogP contribution in [0.2, 0.25) is 0 Å². The highest BCUT2D eigenvalue weighted by atomic mass is 16.6. The molecule has 0 spiro atoms. The number of ether oxygens (including phenoxy) is 1. The Labute approximate surface area is 111 Å². The van der Waals surface area contributed by atoms with Crippen molar-refractivity contribution in [3.8, 4) is 17.6 Å². The summed E-state index contributed by atoms with van der Waals surface area (Å²) in [4.78, 5) is 0. The second-order valence-corrected chi connectivity index (χ2v) is 3.88. The van der Waals surface area contributed by atoms with Crippen LogP contribution in [-0.4, -0.2) is 22.0 Å². The quantitative estimate of drug-likeness (QED) is 0.845.